The van der Waals surface area contributed by atoms with Crippen LogP contribution in [0.3, 0.4) is 0 Å². The van der Waals surface area contributed by atoms with E-state index in [0.29, 0.717) is 0 Å². The number of para-hydroxylation sites is 1. The summed E-state index contributed by atoms with van der Waals surface area (Å²) in [6.45, 7) is 0.257. The Morgan fingerprint density at radius 2 is 2.08 bits per heavy atom. The standard InChI is InChI=1S/C16H19N3O4S/c1-23-14-7-2-3-8-15(14)24(21,22)17-9-10-19-16(20)11-12-5-4-6-13(12)18-19/h2-3,7-8,11,17H,4-6,9-10H2,1H3. The first-order valence-corrected chi connectivity index (χ1v) is 9.22. The van der Waals surface area contributed by atoms with Gasteiger partial charge in [-0.05, 0) is 37.0 Å². The van der Waals surface area contributed by atoms with Crippen molar-refractivity contribution in [2.24, 2.45) is 0 Å². The minimum Gasteiger partial charge on any atom is -0.495 e. The van der Waals surface area contributed by atoms with Crippen LogP contribution >= 0.6 is 0 Å². The predicted molar refractivity (Wildman–Crippen MR) is 88.7 cm³/mol. The number of nitrogens with one attached hydrogen (secondary N) is 1. The summed E-state index contributed by atoms with van der Waals surface area (Å²) in [6.07, 6.45) is 2.76. The Labute approximate surface area is 140 Å². The molecule has 0 spiro atoms. The zero-order valence-corrected chi connectivity index (χ0v) is 14.2. The van der Waals surface area contributed by atoms with Crippen LogP contribution in [-0.2, 0) is 29.4 Å². The zero-order valence-electron chi connectivity index (χ0n) is 13.4. The average molecular weight is 349 g/mol. The lowest BCUT2D eigenvalue weighted by Crippen LogP contribution is -2.32. The summed E-state index contributed by atoms with van der Waals surface area (Å²) in [5.41, 5.74) is 1.74. The summed E-state index contributed by atoms with van der Waals surface area (Å²) in [7, 11) is -2.30. The third-order valence-corrected chi connectivity index (χ3v) is 5.50. The van der Waals surface area contributed by atoms with Gasteiger partial charge in [-0.25, -0.2) is 17.8 Å². The molecule has 1 aromatic carbocycles. The molecule has 1 N–H and O–H groups in total. The summed E-state index contributed by atoms with van der Waals surface area (Å²) < 4.78 is 33.6. The molecule has 0 radical (unpaired) electrons. The van der Waals surface area contributed by atoms with E-state index in [9.17, 15) is 13.2 Å². The second-order valence-electron chi connectivity index (χ2n) is 5.58. The SMILES string of the molecule is COc1ccccc1S(=O)(=O)NCCn1nc2c(cc1=O)CCC2. The number of nitrogens with zero attached hydrogens (tertiary/aromatic N) is 2. The van der Waals surface area contributed by atoms with Crippen molar-refractivity contribution in [2.45, 2.75) is 30.7 Å². The van der Waals surface area contributed by atoms with E-state index in [2.05, 4.69) is 9.82 Å². The van der Waals surface area contributed by atoms with Crippen molar-refractivity contribution in [1.29, 1.82) is 0 Å². The number of hydrogen-bond donors (Lipinski definition) is 1. The van der Waals surface area contributed by atoms with Crippen molar-refractivity contribution in [3.05, 3.63) is 51.9 Å². The third-order valence-electron chi connectivity index (χ3n) is 4.00. The number of aromatic nitrogens is 2. The van der Waals surface area contributed by atoms with Crippen LogP contribution in [0.15, 0.2) is 40.0 Å². The van der Waals surface area contributed by atoms with Crippen LogP contribution in [0.4, 0.5) is 0 Å². The molecule has 0 fully saturated rings. The van der Waals surface area contributed by atoms with Crippen LogP contribution in [0, 0.1) is 0 Å². The van der Waals surface area contributed by atoms with E-state index in [0.717, 1.165) is 30.5 Å². The normalized spacial score (nSPS) is 13.7. The fourth-order valence-electron chi connectivity index (χ4n) is 2.80. The van der Waals surface area contributed by atoms with Crippen LogP contribution in [0.25, 0.3) is 0 Å². The van der Waals surface area contributed by atoms with E-state index in [-0.39, 0.29) is 29.3 Å². The van der Waals surface area contributed by atoms with Crippen molar-refractivity contribution in [1.82, 2.24) is 14.5 Å². The molecule has 3 rings (SSSR count). The summed E-state index contributed by atoms with van der Waals surface area (Å²) >= 11 is 0. The number of fused-ring (bicyclic) bond motifs is 1. The Morgan fingerprint density at radius 3 is 2.88 bits per heavy atom. The van der Waals surface area contributed by atoms with Gasteiger partial charge in [-0.2, -0.15) is 5.10 Å². The number of rotatable bonds is 6. The van der Waals surface area contributed by atoms with E-state index < -0.39 is 10.0 Å². The molecule has 24 heavy (non-hydrogen) atoms. The summed E-state index contributed by atoms with van der Waals surface area (Å²) in [5, 5.41) is 4.32. The molecular formula is C16H19N3O4S. The molecule has 0 aliphatic heterocycles. The molecule has 1 aliphatic carbocycles. The monoisotopic (exact) mass is 349 g/mol. The fraction of sp³-hybridized carbons (Fsp3) is 0.375. The highest BCUT2D eigenvalue weighted by molar-refractivity contribution is 7.89. The first-order valence-electron chi connectivity index (χ1n) is 7.74. The Balaban J connectivity index is 1.71. The Bertz CT molecular complexity index is 906. The Morgan fingerprint density at radius 1 is 1.29 bits per heavy atom. The molecule has 1 aliphatic rings. The van der Waals surface area contributed by atoms with Gasteiger partial charge in [-0.1, -0.05) is 12.1 Å². The molecule has 0 atom stereocenters. The van der Waals surface area contributed by atoms with Crippen LogP contribution in [0.5, 0.6) is 5.75 Å². The highest BCUT2D eigenvalue weighted by Crippen LogP contribution is 2.22. The molecule has 0 bridgehead atoms. The number of benzene rings is 1. The topological polar surface area (TPSA) is 90.3 Å². The maximum atomic E-state index is 12.4. The minimum absolute atomic E-state index is 0.0711. The van der Waals surface area contributed by atoms with Gasteiger partial charge in [0.2, 0.25) is 10.0 Å². The average Bonchev–Trinajstić information content (AvgIpc) is 3.02. The lowest BCUT2D eigenvalue weighted by molar-refractivity contribution is 0.402. The van der Waals surface area contributed by atoms with Gasteiger partial charge in [0.25, 0.3) is 5.56 Å². The quantitative estimate of drug-likeness (QED) is 0.830. The number of methoxy groups -OCH3 is 1. The van der Waals surface area contributed by atoms with Gasteiger partial charge in [0.15, 0.2) is 0 Å². The molecule has 7 nitrogen and oxygen atoms in total. The number of aryl methyl sites for hydroxylation is 2. The van der Waals surface area contributed by atoms with Crippen molar-refractivity contribution in [2.75, 3.05) is 13.7 Å². The second-order valence-corrected chi connectivity index (χ2v) is 7.32. The Hall–Kier alpha value is -2.19. The van der Waals surface area contributed by atoms with E-state index in [1.807, 2.05) is 0 Å². The highest BCUT2D eigenvalue weighted by atomic mass is 32.2. The third kappa shape index (κ3) is 3.34. The van der Waals surface area contributed by atoms with Crippen molar-refractivity contribution in [3.63, 3.8) is 0 Å². The predicted octanol–water partition coefficient (Wildman–Crippen LogP) is 0.719. The highest BCUT2D eigenvalue weighted by Gasteiger charge is 2.19. The first kappa shape index (κ1) is 16.7. The van der Waals surface area contributed by atoms with Gasteiger partial charge >= 0.3 is 0 Å². The molecular weight excluding hydrogens is 330 g/mol. The summed E-state index contributed by atoms with van der Waals surface area (Å²) in [6, 6.07) is 7.99. The van der Waals surface area contributed by atoms with E-state index in [1.165, 1.54) is 17.9 Å². The second kappa shape index (κ2) is 6.74. The molecule has 1 aromatic heterocycles. The molecule has 1 heterocycles. The maximum absolute atomic E-state index is 12.4. The van der Waals surface area contributed by atoms with Crippen molar-refractivity contribution in [3.8, 4) is 5.75 Å². The fourth-order valence-corrected chi connectivity index (χ4v) is 3.99. The smallest absolute Gasteiger partial charge is 0.267 e. The molecule has 0 unspecified atom stereocenters. The molecule has 0 saturated carbocycles. The maximum Gasteiger partial charge on any atom is 0.267 e. The van der Waals surface area contributed by atoms with Crippen molar-refractivity contribution < 1.29 is 13.2 Å². The lowest BCUT2D eigenvalue weighted by atomic mass is 10.2. The minimum atomic E-state index is -3.72. The van der Waals surface area contributed by atoms with Crippen LogP contribution in [0.1, 0.15) is 17.7 Å². The number of sulfonamides is 1. The molecule has 0 saturated heterocycles. The largest absolute Gasteiger partial charge is 0.495 e. The van der Waals surface area contributed by atoms with Gasteiger partial charge < -0.3 is 4.74 Å². The molecule has 2 aromatic rings. The number of hydrogen-bond acceptors (Lipinski definition) is 5. The molecule has 128 valence electrons. The first-order chi connectivity index (χ1) is 11.5. The molecule has 0 amide bonds. The van der Waals surface area contributed by atoms with E-state index >= 15 is 0 Å². The molecule has 8 heteroatoms. The van der Waals surface area contributed by atoms with E-state index in [1.54, 1.807) is 24.3 Å². The summed E-state index contributed by atoms with van der Waals surface area (Å²) in [4.78, 5) is 12.1. The van der Waals surface area contributed by atoms with Crippen LogP contribution in [0.2, 0.25) is 0 Å². The van der Waals surface area contributed by atoms with Gasteiger partial charge in [0.05, 0.1) is 19.3 Å². The van der Waals surface area contributed by atoms with Crippen LogP contribution in [-0.4, -0.2) is 31.9 Å². The summed E-state index contributed by atoms with van der Waals surface area (Å²) in [5.74, 6) is 0.276. The zero-order chi connectivity index (χ0) is 17.2. The van der Waals surface area contributed by atoms with Gasteiger partial charge in [0, 0.05) is 12.6 Å². The van der Waals surface area contributed by atoms with Gasteiger partial charge in [0.1, 0.15) is 10.6 Å². The Kier molecular flexibility index (Phi) is 4.68. The van der Waals surface area contributed by atoms with Gasteiger partial charge in [-0.3, -0.25) is 4.79 Å². The van der Waals surface area contributed by atoms with Crippen LogP contribution < -0.4 is 15.0 Å². The van der Waals surface area contributed by atoms with E-state index in [4.69, 9.17) is 4.74 Å². The number of ether oxygens (including phenoxy) is 1. The lowest BCUT2D eigenvalue weighted by Gasteiger charge is -2.11. The van der Waals surface area contributed by atoms with Gasteiger partial charge in [-0.15, -0.1) is 0 Å². The van der Waals surface area contributed by atoms with Crippen molar-refractivity contribution >= 4 is 10.0 Å².